The molecule has 4 rings (SSSR count). The van der Waals surface area contributed by atoms with Crippen molar-refractivity contribution in [1.82, 2.24) is 14.5 Å². The van der Waals surface area contributed by atoms with Crippen LogP contribution in [-0.2, 0) is 22.6 Å². The number of nitrogens with zero attached hydrogens (tertiary/aromatic N) is 4. The molecule has 2 aliphatic rings. The van der Waals surface area contributed by atoms with Crippen LogP contribution in [0.25, 0.3) is 0 Å². The van der Waals surface area contributed by atoms with Crippen molar-refractivity contribution in [3.05, 3.63) is 75.6 Å². The molecule has 0 saturated carbocycles. The number of carbonyl (C=O) groups excluding carboxylic acids is 1. The van der Waals surface area contributed by atoms with Crippen LogP contribution in [0.1, 0.15) is 37.8 Å². The molecule has 0 aliphatic carbocycles. The highest BCUT2D eigenvalue weighted by molar-refractivity contribution is 5.94. The summed E-state index contributed by atoms with van der Waals surface area (Å²) in [6.45, 7) is 13.1. The fourth-order valence-electron chi connectivity index (χ4n) is 4.87. The highest BCUT2D eigenvalue weighted by Gasteiger charge is 2.35. The van der Waals surface area contributed by atoms with E-state index in [4.69, 9.17) is 4.74 Å². The van der Waals surface area contributed by atoms with Crippen LogP contribution < -0.4 is 15.9 Å². The highest BCUT2D eigenvalue weighted by Crippen LogP contribution is 2.41. The van der Waals surface area contributed by atoms with Crippen LogP contribution in [0.3, 0.4) is 0 Å². The largest absolute Gasteiger partial charge is 0.463 e. The minimum atomic E-state index is -0.377. The second-order valence-electron chi connectivity index (χ2n) is 8.84. The Hall–Kier alpha value is -3.46. The van der Waals surface area contributed by atoms with Crippen LogP contribution in [0.15, 0.2) is 53.0 Å². The van der Waals surface area contributed by atoms with Gasteiger partial charge in [-0.15, -0.1) is 6.58 Å². The molecule has 35 heavy (non-hydrogen) atoms. The number of ether oxygens (including phenoxy) is 1. The zero-order valence-corrected chi connectivity index (χ0v) is 20.5. The average Bonchev–Trinajstić information content (AvgIpc) is 2.83. The normalized spacial score (nSPS) is 18.2. The number of piperazine rings is 1. The van der Waals surface area contributed by atoms with Crippen molar-refractivity contribution >= 4 is 17.6 Å². The van der Waals surface area contributed by atoms with E-state index in [9.17, 15) is 14.0 Å². The summed E-state index contributed by atoms with van der Waals surface area (Å²) in [5, 5.41) is 3.28. The van der Waals surface area contributed by atoms with Crippen molar-refractivity contribution < 1.29 is 13.9 Å². The van der Waals surface area contributed by atoms with Gasteiger partial charge in [0.25, 0.3) is 0 Å². The lowest BCUT2D eigenvalue weighted by Gasteiger charge is -2.38. The van der Waals surface area contributed by atoms with E-state index >= 15 is 0 Å². The second-order valence-corrected chi connectivity index (χ2v) is 8.84. The molecule has 0 amide bonds. The predicted octanol–water partition coefficient (Wildman–Crippen LogP) is 3.26. The molecule has 1 N–H and O–H groups in total. The van der Waals surface area contributed by atoms with E-state index in [0.717, 1.165) is 5.56 Å². The summed E-state index contributed by atoms with van der Waals surface area (Å²) in [4.78, 5) is 34.5. The Balaban J connectivity index is 1.65. The third-order valence-corrected chi connectivity index (χ3v) is 6.60. The van der Waals surface area contributed by atoms with Gasteiger partial charge in [0.2, 0.25) is 0 Å². The van der Waals surface area contributed by atoms with E-state index in [-0.39, 0.29) is 30.0 Å². The number of aromatic nitrogens is 2. The van der Waals surface area contributed by atoms with Gasteiger partial charge in [0.15, 0.2) is 0 Å². The van der Waals surface area contributed by atoms with E-state index in [1.165, 1.54) is 6.07 Å². The number of nitrogens with one attached hydrogen (secondary N) is 1. The number of allylic oxidation sites excluding steroid dienone is 2. The minimum absolute atomic E-state index is 0.204. The molecule has 1 saturated heterocycles. The van der Waals surface area contributed by atoms with Gasteiger partial charge in [0, 0.05) is 62.0 Å². The van der Waals surface area contributed by atoms with Crippen LogP contribution in [0, 0.1) is 5.82 Å². The molecule has 0 bridgehead atoms. The molecule has 1 aromatic carbocycles. The van der Waals surface area contributed by atoms with Gasteiger partial charge in [0.05, 0.1) is 12.2 Å². The first-order valence-electron chi connectivity index (χ1n) is 12.0. The molecule has 0 spiro atoms. The van der Waals surface area contributed by atoms with Crippen LogP contribution in [0.5, 0.6) is 0 Å². The lowest BCUT2D eigenvalue weighted by molar-refractivity contribution is -0.138. The number of rotatable bonds is 7. The number of hydrogen-bond acceptors (Lipinski definition) is 7. The first-order valence-corrected chi connectivity index (χ1v) is 12.0. The molecule has 186 valence electrons. The standard InChI is InChI=1S/C26H32FN5O3/c1-5-11-32-24-22(17(3)21(18(4)28-24)25(33)35-6-2)23(29-26(32)34)31-14-12-30(13-15-31)16-19-9-7-8-10-20(19)27/h5,7-10,17,28H,1,6,11-16H2,2-4H3. The second kappa shape index (κ2) is 10.4. The number of esters is 1. The van der Waals surface area contributed by atoms with E-state index < -0.39 is 0 Å². The molecule has 1 fully saturated rings. The van der Waals surface area contributed by atoms with Crippen molar-refractivity contribution in [2.24, 2.45) is 0 Å². The van der Waals surface area contributed by atoms with Gasteiger partial charge in [-0.05, 0) is 19.9 Å². The number of carbonyl (C=O) groups is 1. The van der Waals surface area contributed by atoms with Gasteiger partial charge < -0.3 is 15.0 Å². The smallest absolute Gasteiger partial charge is 0.351 e. The molecule has 2 aromatic rings. The lowest BCUT2D eigenvalue weighted by atomic mass is 9.88. The molecule has 1 atom stereocenters. The quantitative estimate of drug-likeness (QED) is 0.480. The maximum absolute atomic E-state index is 14.1. The summed E-state index contributed by atoms with van der Waals surface area (Å²) in [7, 11) is 0. The Labute approximate surface area is 204 Å². The van der Waals surface area contributed by atoms with Gasteiger partial charge in [0.1, 0.15) is 17.5 Å². The van der Waals surface area contributed by atoms with Crippen molar-refractivity contribution in [2.75, 3.05) is 43.0 Å². The molecule has 8 nitrogen and oxygen atoms in total. The molecule has 1 unspecified atom stereocenters. The predicted molar refractivity (Wildman–Crippen MR) is 134 cm³/mol. The Morgan fingerprint density at radius 1 is 1.29 bits per heavy atom. The number of halogens is 1. The van der Waals surface area contributed by atoms with Crippen LogP contribution in [-0.4, -0.2) is 53.2 Å². The monoisotopic (exact) mass is 481 g/mol. The number of fused-ring (bicyclic) bond motifs is 1. The number of hydrogen-bond donors (Lipinski definition) is 1. The Morgan fingerprint density at radius 2 is 2.00 bits per heavy atom. The molecule has 3 heterocycles. The van der Waals surface area contributed by atoms with E-state index in [1.54, 1.807) is 29.7 Å². The first-order chi connectivity index (χ1) is 16.8. The van der Waals surface area contributed by atoms with Crippen LogP contribution in [0.4, 0.5) is 16.0 Å². The van der Waals surface area contributed by atoms with E-state index in [2.05, 4.69) is 26.7 Å². The summed E-state index contributed by atoms with van der Waals surface area (Å²) < 4.78 is 21.0. The molecular weight excluding hydrogens is 449 g/mol. The summed E-state index contributed by atoms with van der Waals surface area (Å²) >= 11 is 0. The lowest BCUT2D eigenvalue weighted by Crippen LogP contribution is -2.48. The average molecular weight is 482 g/mol. The summed E-state index contributed by atoms with van der Waals surface area (Å²) in [6, 6.07) is 6.81. The van der Waals surface area contributed by atoms with Gasteiger partial charge in [-0.1, -0.05) is 31.2 Å². The SMILES string of the molecule is C=CCn1c2c(c(N3CCN(Cc4ccccc4F)CC3)nc1=O)C(C)C(C(=O)OCC)=C(C)N2. The molecular formula is C26H32FN5O3. The highest BCUT2D eigenvalue weighted by atomic mass is 19.1. The molecule has 0 radical (unpaired) electrons. The van der Waals surface area contributed by atoms with Crippen LogP contribution in [0.2, 0.25) is 0 Å². The van der Waals surface area contributed by atoms with Gasteiger partial charge in [-0.3, -0.25) is 9.47 Å². The molecule has 1 aromatic heterocycles. The maximum Gasteiger partial charge on any atom is 0.351 e. The van der Waals surface area contributed by atoms with E-state index in [0.29, 0.717) is 67.7 Å². The Bertz CT molecular complexity index is 1210. The summed E-state index contributed by atoms with van der Waals surface area (Å²) in [5.41, 5.74) is 2.28. The summed E-state index contributed by atoms with van der Waals surface area (Å²) in [5.74, 6) is 0.306. The van der Waals surface area contributed by atoms with Crippen molar-refractivity contribution in [3.8, 4) is 0 Å². The summed E-state index contributed by atoms with van der Waals surface area (Å²) in [6.07, 6.45) is 1.65. The first kappa shape index (κ1) is 24.7. The zero-order valence-electron chi connectivity index (χ0n) is 20.5. The van der Waals surface area contributed by atoms with Crippen molar-refractivity contribution in [3.63, 3.8) is 0 Å². The third-order valence-electron chi connectivity index (χ3n) is 6.60. The van der Waals surface area contributed by atoms with Gasteiger partial charge in [-0.2, -0.15) is 4.98 Å². The number of anilines is 2. The fourth-order valence-corrected chi connectivity index (χ4v) is 4.87. The fraction of sp³-hybridized carbons (Fsp3) is 0.423. The van der Waals surface area contributed by atoms with Crippen LogP contribution >= 0.6 is 0 Å². The van der Waals surface area contributed by atoms with Crippen molar-refractivity contribution in [2.45, 2.75) is 39.8 Å². The zero-order chi connectivity index (χ0) is 25.1. The minimum Gasteiger partial charge on any atom is -0.463 e. The maximum atomic E-state index is 14.1. The van der Waals surface area contributed by atoms with Crippen molar-refractivity contribution in [1.29, 1.82) is 0 Å². The Kier molecular flexibility index (Phi) is 7.35. The topological polar surface area (TPSA) is 79.7 Å². The molecule has 2 aliphatic heterocycles. The molecule has 9 heteroatoms. The third kappa shape index (κ3) is 4.86. The van der Waals surface area contributed by atoms with E-state index in [1.807, 2.05) is 19.9 Å². The van der Waals surface area contributed by atoms with Gasteiger partial charge >= 0.3 is 11.7 Å². The van der Waals surface area contributed by atoms with Gasteiger partial charge in [-0.25, -0.2) is 14.0 Å². The number of benzene rings is 1. The Morgan fingerprint density at radius 3 is 2.66 bits per heavy atom.